The minimum atomic E-state index is -0.0430. The Morgan fingerprint density at radius 2 is 1.90 bits per heavy atom. The van der Waals surface area contributed by atoms with Crippen molar-refractivity contribution in [2.24, 2.45) is 0 Å². The molecule has 4 rings (SSSR count). The second kappa shape index (κ2) is 4.67. The SMILES string of the molecule is O=c1c(-c2ccc(Cl)cc2)nc2cnccc2n1C1CC1. The van der Waals surface area contributed by atoms with Crippen molar-refractivity contribution < 1.29 is 0 Å². The smallest absolute Gasteiger partial charge is 0.277 e. The van der Waals surface area contributed by atoms with Crippen LogP contribution in [0.25, 0.3) is 22.3 Å². The summed E-state index contributed by atoms with van der Waals surface area (Å²) in [7, 11) is 0. The molecule has 1 fully saturated rings. The zero-order valence-corrected chi connectivity index (χ0v) is 11.9. The monoisotopic (exact) mass is 297 g/mol. The average molecular weight is 298 g/mol. The van der Waals surface area contributed by atoms with Crippen molar-refractivity contribution in [2.45, 2.75) is 18.9 Å². The standard InChI is InChI=1S/C16H12ClN3O/c17-11-3-1-10(2-4-11)15-16(21)20(12-5-6-12)14-7-8-18-9-13(14)19-15/h1-4,7-9,12H,5-6H2. The summed E-state index contributed by atoms with van der Waals surface area (Å²) in [5.41, 5.74) is 2.80. The van der Waals surface area contributed by atoms with E-state index in [4.69, 9.17) is 11.6 Å². The lowest BCUT2D eigenvalue weighted by molar-refractivity contribution is 0.735. The second-order valence-electron chi connectivity index (χ2n) is 5.24. The van der Waals surface area contributed by atoms with Crippen molar-refractivity contribution in [1.82, 2.24) is 14.5 Å². The van der Waals surface area contributed by atoms with Crippen LogP contribution < -0.4 is 5.56 Å². The van der Waals surface area contributed by atoms with Gasteiger partial charge < -0.3 is 4.57 Å². The molecule has 0 N–H and O–H groups in total. The molecule has 0 bridgehead atoms. The summed E-state index contributed by atoms with van der Waals surface area (Å²) in [6, 6.07) is 9.33. The number of aromatic nitrogens is 3. The van der Waals surface area contributed by atoms with Gasteiger partial charge in [0.15, 0.2) is 0 Å². The van der Waals surface area contributed by atoms with Crippen LogP contribution in [-0.2, 0) is 0 Å². The van der Waals surface area contributed by atoms with Crippen LogP contribution in [0.5, 0.6) is 0 Å². The van der Waals surface area contributed by atoms with Gasteiger partial charge in [-0.3, -0.25) is 9.78 Å². The van der Waals surface area contributed by atoms with Gasteiger partial charge in [0.25, 0.3) is 5.56 Å². The molecular weight excluding hydrogens is 286 g/mol. The minimum absolute atomic E-state index is 0.0430. The predicted octanol–water partition coefficient (Wildman–Crippen LogP) is 3.45. The number of halogens is 1. The van der Waals surface area contributed by atoms with Crippen molar-refractivity contribution in [2.75, 3.05) is 0 Å². The lowest BCUT2D eigenvalue weighted by Gasteiger charge is -2.11. The van der Waals surface area contributed by atoms with Crippen LogP contribution in [0.3, 0.4) is 0 Å². The molecule has 5 heteroatoms. The first-order valence-electron chi connectivity index (χ1n) is 6.86. The first kappa shape index (κ1) is 12.5. The van der Waals surface area contributed by atoms with Gasteiger partial charge in [0.2, 0.25) is 0 Å². The maximum Gasteiger partial charge on any atom is 0.277 e. The maximum atomic E-state index is 12.8. The van der Waals surface area contributed by atoms with Crippen LogP contribution in [0.2, 0.25) is 5.02 Å². The van der Waals surface area contributed by atoms with Crippen LogP contribution in [0.4, 0.5) is 0 Å². The van der Waals surface area contributed by atoms with E-state index < -0.39 is 0 Å². The molecule has 0 saturated heterocycles. The van der Waals surface area contributed by atoms with E-state index in [1.165, 1.54) is 0 Å². The van der Waals surface area contributed by atoms with Crippen LogP contribution in [-0.4, -0.2) is 14.5 Å². The third kappa shape index (κ3) is 2.12. The van der Waals surface area contributed by atoms with Crippen LogP contribution >= 0.6 is 11.6 Å². The molecule has 0 spiro atoms. The highest BCUT2D eigenvalue weighted by Gasteiger charge is 2.27. The number of hydrogen-bond donors (Lipinski definition) is 0. The number of nitrogens with zero attached hydrogens (tertiary/aromatic N) is 3. The molecule has 1 saturated carbocycles. The van der Waals surface area contributed by atoms with Crippen molar-refractivity contribution in [3.63, 3.8) is 0 Å². The number of benzene rings is 1. The normalized spacial score (nSPS) is 14.5. The Morgan fingerprint density at radius 3 is 2.62 bits per heavy atom. The Hall–Kier alpha value is -2.20. The van der Waals surface area contributed by atoms with Crippen molar-refractivity contribution in [3.05, 3.63) is 58.1 Å². The van der Waals surface area contributed by atoms with Crippen molar-refractivity contribution in [1.29, 1.82) is 0 Å². The van der Waals surface area contributed by atoms with Crippen LogP contribution in [0.15, 0.2) is 47.5 Å². The predicted molar refractivity (Wildman–Crippen MR) is 82.5 cm³/mol. The summed E-state index contributed by atoms with van der Waals surface area (Å²) < 4.78 is 1.86. The molecule has 104 valence electrons. The molecule has 1 aliphatic rings. The second-order valence-corrected chi connectivity index (χ2v) is 5.67. The van der Waals surface area contributed by atoms with E-state index in [-0.39, 0.29) is 11.6 Å². The highest BCUT2D eigenvalue weighted by Crippen LogP contribution is 2.36. The molecule has 1 aromatic carbocycles. The lowest BCUT2D eigenvalue weighted by Crippen LogP contribution is -2.23. The topological polar surface area (TPSA) is 47.8 Å². The number of rotatable bonds is 2. The highest BCUT2D eigenvalue weighted by molar-refractivity contribution is 6.30. The molecule has 2 heterocycles. The summed E-state index contributed by atoms with van der Waals surface area (Å²) in [5, 5.41) is 0.642. The molecule has 21 heavy (non-hydrogen) atoms. The van der Waals surface area contributed by atoms with Gasteiger partial charge in [0.05, 0.1) is 11.7 Å². The van der Waals surface area contributed by atoms with E-state index in [0.29, 0.717) is 10.7 Å². The van der Waals surface area contributed by atoms with Gasteiger partial charge in [-0.05, 0) is 31.0 Å². The fraction of sp³-hybridized carbons (Fsp3) is 0.188. The number of fused-ring (bicyclic) bond motifs is 1. The quantitative estimate of drug-likeness (QED) is 0.728. The van der Waals surface area contributed by atoms with Crippen molar-refractivity contribution in [3.8, 4) is 11.3 Å². The first-order valence-corrected chi connectivity index (χ1v) is 7.24. The van der Waals surface area contributed by atoms with E-state index in [9.17, 15) is 4.79 Å². The Morgan fingerprint density at radius 1 is 1.14 bits per heavy atom. The number of hydrogen-bond acceptors (Lipinski definition) is 3. The van der Waals surface area contributed by atoms with Gasteiger partial charge in [-0.1, -0.05) is 23.7 Å². The zero-order valence-electron chi connectivity index (χ0n) is 11.2. The lowest BCUT2D eigenvalue weighted by atomic mass is 10.1. The summed E-state index contributed by atoms with van der Waals surface area (Å²) in [4.78, 5) is 21.4. The Balaban J connectivity index is 2.03. The maximum absolute atomic E-state index is 12.8. The molecule has 1 aliphatic carbocycles. The fourth-order valence-electron chi connectivity index (χ4n) is 2.55. The van der Waals surface area contributed by atoms with E-state index >= 15 is 0 Å². The summed E-state index contributed by atoms with van der Waals surface area (Å²) in [5.74, 6) is 0. The molecule has 0 amide bonds. The molecule has 0 radical (unpaired) electrons. The largest absolute Gasteiger partial charge is 0.302 e. The Kier molecular flexibility index (Phi) is 2.79. The van der Waals surface area contributed by atoms with E-state index in [1.54, 1.807) is 24.5 Å². The highest BCUT2D eigenvalue weighted by atomic mass is 35.5. The van der Waals surface area contributed by atoms with Gasteiger partial charge in [0, 0.05) is 22.8 Å². The Bertz CT molecular complexity index is 882. The molecule has 0 unspecified atom stereocenters. The van der Waals surface area contributed by atoms with Gasteiger partial charge in [-0.2, -0.15) is 0 Å². The van der Waals surface area contributed by atoms with Gasteiger partial charge >= 0.3 is 0 Å². The van der Waals surface area contributed by atoms with Crippen molar-refractivity contribution >= 4 is 22.6 Å². The number of pyridine rings is 1. The van der Waals surface area contributed by atoms with Gasteiger partial charge in [-0.25, -0.2) is 4.98 Å². The molecular formula is C16H12ClN3O. The third-order valence-corrected chi connectivity index (χ3v) is 3.97. The summed E-state index contributed by atoms with van der Waals surface area (Å²) in [6.07, 6.45) is 5.49. The molecule has 4 nitrogen and oxygen atoms in total. The van der Waals surface area contributed by atoms with Gasteiger partial charge in [0.1, 0.15) is 11.2 Å². The molecule has 3 aromatic rings. The first-order chi connectivity index (χ1) is 10.2. The van der Waals surface area contributed by atoms with E-state index in [1.807, 2.05) is 22.8 Å². The molecule has 2 aromatic heterocycles. The van der Waals surface area contributed by atoms with Gasteiger partial charge in [-0.15, -0.1) is 0 Å². The van der Waals surface area contributed by atoms with E-state index in [0.717, 1.165) is 29.4 Å². The minimum Gasteiger partial charge on any atom is -0.302 e. The average Bonchev–Trinajstić information content (AvgIpc) is 3.32. The summed E-state index contributed by atoms with van der Waals surface area (Å²) in [6.45, 7) is 0. The molecule has 0 aliphatic heterocycles. The Labute approximate surface area is 126 Å². The summed E-state index contributed by atoms with van der Waals surface area (Å²) >= 11 is 5.91. The fourth-order valence-corrected chi connectivity index (χ4v) is 2.68. The van der Waals surface area contributed by atoms with Crippen LogP contribution in [0, 0.1) is 0 Å². The third-order valence-electron chi connectivity index (χ3n) is 3.72. The zero-order chi connectivity index (χ0) is 14.4. The van der Waals surface area contributed by atoms with E-state index in [2.05, 4.69) is 9.97 Å². The van der Waals surface area contributed by atoms with Crippen LogP contribution in [0.1, 0.15) is 18.9 Å². The molecule has 0 atom stereocenters.